The van der Waals surface area contributed by atoms with Gasteiger partial charge in [-0.2, -0.15) is 0 Å². The maximum absolute atomic E-state index is 14.2. The van der Waals surface area contributed by atoms with Crippen LogP contribution in [-0.4, -0.2) is 71.7 Å². The Labute approximate surface area is 239 Å². The molecule has 224 valence electrons. The van der Waals surface area contributed by atoms with Crippen LogP contribution < -0.4 is 15.5 Å². The molecule has 5 rings (SSSR count). The van der Waals surface area contributed by atoms with Gasteiger partial charge in [0, 0.05) is 50.5 Å². The number of fused-ring (bicyclic) bond motifs is 5. The smallest absolute Gasteiger partial charge is 0.432 e. The number of carbonyl (C=O) groups excluding carboxylic acids is 3. The van der Waals surface area contributed by atoms with Crippen LogP contribution >= 0.6 is 0 Å². The Morgan fingerprint density at radius 3 is 2.71 bits per heavy atom. The molecule has 14 heteroatoms. The van der Waals surface area contributed by atoms with Gasteiger partial charge in [-0.15, -0.1) is 0 Å². The predicted molar refractivity (Wildman–Crippen MR) is 142 cm³/mol. The summed E-state index contributed by atoms with van der Waals surface area (Å²) in [5.74, 6) is -3.84. The van der Waals surface area contributed by atoms with Crippen LogP contribution in [0.4, 0.5) is 13.6 Å². The third-order valence-electron chi connectivity index (χ3n) is 7.82. The Hall–Kier alpha value is -4.33. The summed E-state index contributed by atoms with van der Waals surface area (Å²) in [5.41, 5.74) is -1.91. The van der Waals surface area contributed by atoms with Gasteiger partial charge in [0.15, 0.2) is 11.3 Å². The van der Waals surface area contributed by atoms with Crippen LogP contribution in [-0.2, 0) is 20.9 Å². The number of hydrogen-bond acceptors (Lipinski definition) is 9. The fourth-order valence-corrected chi connectivity index (χ4v) is 5.62. The normalized spacial score (nSPS) is 22.6. The Morgan fingerprint density at radius 1 is 1.24 bits per heavy atom. The Balaban J connectivity index is 1.59. The highest BCUT2D eigenvalue weighted by atomic mass is 19.1. The first-order valence-electron chi connectivity index (χ1n) is 13.4. The van der Waals surface area contributed by atoms with Crippen molar-refractivity contribution >= 4 is 23.7 Å². The van der Waals surface area contributed by atoms with E-state index in [4.69, 9.17) is 19.0 Å². The molecule has 3 aliphatic heterocycles. The second kappa shape index (κ2) is 11.5. The molecule has 42 heavy (non-hydrogen) atoms. The molecule has 0 unspecified atom stereocenters. The number of pyridine rings is 1. The van der Waals surface area contributed by atoms with Gasteiger partial charge in [-0.05, 0) is 32.8 Å². The van der Waals surface area contributed by atoms with E-state index in [0.29, 0.717) is 25.3 Å². The zero-order valence-corrected chi connectivity index (χ0v) is 23.3. The summed E-state index contributed by atoms with van der Waals surface area (Å²) in [6.07, 6.45) is 1.50. The van der Waals surface area contributed by atoms with Gasteiger partial charge in [0.05, 0.1) is 18.4 Å². The van der Waals surface area contributed by atoms with Crippen LogP contribution in [0.5, 0.6) is 5.75 Å². The number of carbonyl (C=O) groups is 3. The maximum Gasteiger partial charge on any atom is 0.514 e. The quantitative estimate of drug-likeness (QED) is 0.385. The fraction of sp³-hybridized carbons (Fsp3) is 0.464. The number of rotatable bonds is 7. The van der Waals surface area contributed by atoms with Gasteiger partial charge in [0.25, 0.3) is 11.8 Å². The molecule has 3 atom stereocenters. The van der Waals surface area contributed by atoms with Gasteiger partial charge in [-0.25, -0.2) is 13.6 Å². The summed E-state index contributed by atoms with van der Waals surface area (Å²) in [5, 5.41) is 6.61. The zero-order valence-electron chi connectivity index (χ0n) is 23.3. The van der Waals surface area contributed by atoms with Crippen molar-refractivity contribution in [1.29, 1.82) is 0 Å². The van der Waals surface area contributed by atoms with Crippen LogP contribution in [0.15, 0.2) is 34.3 Å². The van der Waals surface area contributed by atoms with Gasteiger partial charge in [-0.1, -0.05) is 11.2 Å². The van der Waals surface area contributed by atoms with E-state index < -0.39 is 58.0 Å². The standard InChI is InChI=1S/C28H30F2N4O8/c1-15-11-28(42-32-15)7-6-16(2)33-14-21(28)34-13-19(25(36)31-12-17-4-5-18(29)10-20(17)30)23(35)24(22(34)26(33)37)41-27(38)40-9-8-39-3/h4-5,10,13,16,21H,6-9,11-12,14H2,1-3H3,(H,31,36)/t16-,21+,28-/m0/s1. The minimum absolute atomic E-state index is 0.0180. The maximum atomic E-state index is 14.2. The molecule has 1 aromatic heterocycles. The summed E-state index contributed by atoms with van der Waals surface area (Å²) in [4.78, 5) is 61.0. The second-order valence-corrected chi connectivity index (χ2v) is 10.6. The van der Waals surface area contributed by atoms with Crippen molar-refractivity contribution in [2.75, 3.05) is 26.9 Å². The molecule has 2 bridgehead atoms. The first-order valence-corrected chi connectivity index (χ1v) is 13.4. The van der Waals surface area contributed by atoms with E-state index in [1.165, 1.54) is 23.9 Å². The lowest BCUT2D eigenvalue weighted by Crippen LogP contribution is -2.52. The van der Waals surface area contributed by atoms with Crippen LogP contribution in [0.1, 0.15) is 65.6 Å². The molecule has 12 nitrogen and oxygen atoms in total. The minimum atomic E-state index is -1.27. The van der Waals surface area contributed by atoms with Crippen LogP contribution in [0, 0.1) is 11.6 Å². The van der Waals surface area contributed by atoms with Crippen molar-refractivity contribution < 1.29 is 42.2 Å². The average Bonchev–Trinajstić information content (AvgIpc) is 3.28. The number of nitrogens with zero attached hydrogens (tertiary/aromatic N) is 3. The Morgan fingerprint density at radius 2 is 2.02 bits per heavy atom. The molecular formula is C28H30F2N4O8. The lowest BCUT2D eigenvalue weighted by atomic mass is 9.84. The van der Waals surface area contributed by atoms with Crippen molar-refractivity contribution in [3.8, 4) is 5.75 Å². The molecule has 1 N–H and O–H groups in total. The highest BCUT2D eigenvalue weighted by Crippen LogP contribution is 2.46. The highest BCUT2D eigenvalue weighted by Gasteiger charge is 2.54. The average molecular weight is 589 g/mol. The first kappa shape index (κ1) is 29.2. The topological polar surface area (TPSA) is 138 Å². The second-order valence-electron chi connectivity index (χ2n) is 10.6. The summed E-state index contributed by atoms with van der Waals surface area (Å²) in [6, 6.07) is 2.03. The summed E-state index contributed by atoms with van der Waals surface area (Å²) in [6.45, 7) is 3.39. The monoisotopic (exact) mass is 588 g/mol. The van der Waals surface area contributed by atoms with Gasteiger partial charge in [-0.3, -0.25) is 14.4 Å². The number of nitrogens with one attached hydrogen (secondary N) is 1. The van der Waals surface area contributed by atoms with E-state index in [1.54, 1.807) is 4.90 Å². The Bertz CT molecular complexity index is 1530. The van der Waals surface area contributed by atoms with E-state index >= 15 is 0 Å². The number of methoxy groups -OCH3 is 1. The number of amides is 2. The van der Waals surface area contributed by atoms with E-state index in [9.17, 15) is 28.0 Å². The van der Waals surface area contributed by atoms with Gasteiger partial charge in [0.1, 0.15) is 23.8 Å². The zero-order chi connectivity index (χ0) is 30.2. The predicted octanol–water partition coefficient (Wildman–Crippen LogP) is 2.93. The lowest BCUT2D eigenvalue weighted by molar-refractivity contribution is -0.0655. The van der Waals surface area contributed by atoms with Crippen molar-refractivity contribution in [2.45, 2.75) is 57.3 Å². The number of oxime groups is 1. The van der Waals surface area contributed by atoms with Gasteiger partial charge in [0.2, 0.25) is 11.2 Å². The molecule has 1 fully saturated rings. The molecule has 2 aromatic rings. The van der Waals surface area contributed by atoms with Crippen molar-refractivity contribution in [3.05, 3.63) is 63.1 Å². The number of aromatic nitrogens is 1. The molecule has 1 aromatic carbocycles. The third kappa shape index (κ3) is 5.33. The Kier molecular flexibility index (Phi) is 7.99. The van der Waals surface area contributed by atoms with Crippen LogP contribution in [0.2, 0.25) is 0 Å². The lowest BCUT2D eigenvalue weighted by Gasteiger charge is -2.42. The molecule has 2 amide bonds. The number of halogens is 2. The summed E-state index contributed by atoms with van der Waals surface area (Å²) in [7, 11) is 1.40. The number of benzene rings is 1. The molecule has 3 aliphatic rings. The van der Waals surface area contributed by atoms with Gasteiger partial charge >= 0.3 is 6.16 Å². The van der Waals surface area contributed by atoms with Crippen LogP contribution in [0.3, 0.4) is 0 Å². The molecule has 1 saturated heterocycles. The third-order valence-corrected chi connectivity index (χ3v) is 7.82. The highest BCUT2D eigenvalue weighted by molar-refractivity contribution is 6.00. The SMILES string of the molecule is COCCOC(=O)Oc1c2n(cc(C(=O)NCc3ccc(F)cc3F)c1=O)[C@@H]1CN(C2=O)[C@@H](C)CC[C@]12CC(C)=NO2. The molecule has 0 radical (unpaired) electrons. The van der Waals surface area contributed by atoms with Crippen molar-refractivity contribution in [2.24, 2.45) is 5.16 Å². The van der Waals surface area contributed by atoms with E-state index in [-0.39, 0.29) is 43.6 Å². The molecular weight excluding hydrogens is 558 g/mol. The minimum Gasteiger partial charge on any atom is -0.432 e. The van der Waals surface area contributed by atoms with Crippen LogP contribution in [0.25, 0.3) is 0 Å². The van der Waals surface area contributed by atoms with Crippen molar-refractivity contribution in [3.63, 3.8) is 0 Å². The van der Waals surface area contributed by atoms with E-state index in [0.717, 1.165) is 11.8 Å². The molecule has 1 spiro atoms. The molecule has 4 heterocycles. The number of ether oxygens (including phenoxy) is 3. The largest absolute Gasteiger partial charge is 0.514 e. The number of hydrogen-bond donors (Lipinski definition) is 1. The van der Waals surface area contributed by atoms with Gasteiger partial charge < -0.3 is 33.8 Å². The summed E-state index contributed by atoms with van der Waals surface area (Å²) >= 11 is 0. The molecule has 0 aliphatic carbocycles. The summed E-state index contributed by atoms with van der Waals surface area (Å²) < 4.78 is 44.1. The first-order chi connectivity index (χ1) is 20.0. The van der Waals surface area contributed by atoms with Crippen molar-refractivity contribution in [1.82, 2.24) is 14.8 Å². The molecule has 0 saturated carbocycles. The van der Waals surface area contributed by atoms with E-state index in [2.05, 4.69) is 10.5 Å². The van der Waals surface area contributed by atoms with E-state index in [1.807, 2.05) is 13.8 Å². The fourth-order valence-electron chi connectivity index (χ4n) is 5.62.